The van der Waals surface area contributed by atoms with Crippen LogP contribution in [0.15, 0.2) is 24.3 Å². The first-order chi connectivity index (χ1) is 10.2. The maximum absolute atomic E-state index is 5.64. The van der Waals surface area contributed by atoms with Gasteiger partial charge in [-0.05, 0) is 75.5 Å². The van der Waals surface area contributed by atoms with E-state index < -0.39 is 0 Å². The van der Waals surface area contributed by atoms with Gasteiger partial charge < -0.3 is 10.1 Å². The zero-order valence-electron chi connectivity index (χ0n) is 13.5. The van der Waals surface area contributed by atoms with Crippen LogP contribution in [-0.2, 0) is 17.6 Å². The molecule has 0 aliphatic heterocycles. The highest BCUT2D eigenvalue weighted by Crippen LogP contribution is 2.39. The van der Waals surface area contributed by atoms with E-state index in [4.69, 9.17) is 4.74 Å². The van der Waals surface area contributed by atoms with Crippen LogP contribution in [0.2, 0.25) is 0 Å². The summed E-state index contributed by atoms with van der Waals surface area (Å²) < 4.78 is 5.64. The highest BCUT2D eigenvalue weighted by atomic mass is 16.5. The number of hydrogen-bond acceptors (Lipinski definition) is 2. The van der Waals surface area contributed by atoms with E-state index in [0.29, 0.717) is 6.10 Å². The molecule has 2 atom stereocenters. The molecule has 2 aliphatic carbocycles. The average Bonchev–Trinajstić information content (AvgIpc) is 2.73. The Kier molecular flexibility index (Phi) is 4.97. The Morgan fingerprint density at radius 3 is 2.29 bits per heavy atom. The maximum atomic E-state index is 5.64. The Hall–Kier alpha value is -0.860. The number of nitrogens with one attached hydrogen (secondary N) is 1. The highest BCUT2D eigenvalue weighted by molar-refractivity contribution is 5.30. The molecule has 2 aliphatic rings. The van der Waals surface area contributed by atoms with Gasteiger partial charge in [-0.2, -0.15) is 0 Å². The molecular weight excluding hydrogens is 258 g/mol. The molecule has 0 radical (unpaired) electrons. The Labute approximate surface area is 129 Å². The first-order valence-electron chi connectivity index (χ1n) is 8.66. The molecule has 0 amide bonds. The Balaban J connectivity index is 1.54. The average molecular weight is 287 g/mol. The number of rotatable bonds is 6. The van der Waals surface area contributed by atoms with E-state index in [-0.39, 0.29) is 0 Å². The van der Waals surface area contributed by atoms with Crippen molar-refractivity contribution in [1.82, 2.24) is 5.32 Å². The van der Waals surface area contributed by atoms with Crippen molar-refractivity contribution in [2.75, 3.05) is 13.2 Å². The van der Waals surface area contributed by atoms with Crippen molar-refractivity contribution in [2.45, 2.75) is 58.1 Å². The largest absolute Gasteiger partial charge is 0.379 e. The quantitative estimate of drug-likeness (QED) is 0.807. The lowest BCUT2D eigenvalue weighted by Gasteiger charge is -2.24. The number of benzene rings is 1. The van der Waals surface area contributed by atoms with Crippen LogP contribution in [0.1, 0.15) is 44.2 Å². The summed E-state index contributed by atoms with van der Waals surface area (Å²) in [5.74, 6) is 1.68. The lowest BCUT2D eigenvalue weighted by molar-refractivity contribution is 0.0762. The summed E-state index contributed by atoms with van der Waals surface area (Å²) in [6.45, 7) is 6.19. The molecule has 3 rings (SSSR count). The molecular formula is C19H29NO. The Morgan fingerprint density at radius 1 is 1.10 bits per heavy atom. The Bertz CT molecular complexity index is 424. The molecule has 0 saturated heterocycles. The summed E-state index contributed by atoms with van der Waals surface area (Å²) in [6.07, 6.45) is 6.83. The zero-order chi connectivity index (χ0) is 14.7. The van der Waals surface area contributed by atoms with Crippen LogP contribution in [0.25, 0.3) is 0 Å². The van der Waals surface area contributed by atoms with Crippen molar-refractivity contribution in [3.63, 3.8) is 0 Å². The van der Waals surface area contributed by atoms with E-state index in [1.165, 1.54) is 25.7 Å². The molecule has 1 fully saturated rings. The lowest BCUT2D eigenvalue weighted by Crippen LogP contribution is -2.38. The van der Waals surface area contributed by atoms with Crippen LogP contribution >= 0.6 is 0 Å². The molecule has 2 heteroatoms. The zero-order valence-corrected chi connectivity index (χ0v) is 13.5. The lowest BCUT2D eigenvalue weighted by atomic mass is 9.94. The van der Waals surface area contributed by atoms with Gasteiger partial charge in [0.2, 0.25) is 0 Å². The van der Waals surface area contributed by atoms with Crippen LogP contribution in [-0.4, -0.2) is 25.3 Å². The third-order valence-electron chi connectivity index (χ3n) is 5.16. The fraction of sp³-hybridized carbons (Fsp3) is 0.684. The molecule has 1 saturated carbocycles. The van der Waals surface area contributed by atoms with E-state index in [1.54, 1.807) is 11.1 Å². The van der Waals surface area contributed by atoms with Crippen molar-refractivity contribution in [3.8, 4) is 0 Å². The van der Waals surface area contributed by atoms with E-state index in [1.807, 2.05) is 0 Å². The standard InChI is InChI=1S/C19H29NO/c1-14(2)21-11-5-10-20-19-17-8-9-18(19)13-16-7-4-3-6-15(16)12-17/h3-4,6-7,14,17-20H,5,8-13H2,1-2H3. The molecule has 2 nitrogen and oxygen atoms in total. The number of hydrogen-bond donors (Lipinski definition) is 1. The van der Waals surface area contributed by atoms with E-state index in [2.05, 4.69) is 43.4 Å². The summed E-state index contributed by atoms with van der Waals surface area (Å²) in [5.41, 5.74) is 3.19. The predicted octanol–water partition coefficient (Wildman–Crippen LogP) is 3.58. The molecule has 0 heterocycles. The molecule has 21 heavy (non-hydrogen) atoms. The second-order valence-corrected chi connectivity index (χ2v) is 7.03. The second kappa shape index (κ2) is 6.93. The molecule has 1 N–H and O–H groups in total. The van der Waals surface area contributed by atoms with Crippen molar-refractivity contribution < 1.29 is 4.74 Å². The Morgan fingerprint density at radius 2 is 1.71 bits per heavy atom. The SMILES string of the molecule is CC(C)OCCCNC1C2CCC1Cc1ccccc1C2. The van der Waals surface area contributed by atoms with Gasteiger partial charge in [-0.15, -0.1) is 0 Å². The van der Waals surface area contributed by atoms with Crippen LogP contribution in [0.3, 0.4) is 0 Å². The van der Waals surface area contributed by atoms with Gasteiger partial charge in [-0.25, -0.2) is 0 Å². The fourth-order valence-electron chi connectivity index (χ4n) is 4.14. The minimum atomic E-state index is 0.355. The molecule has 1 aromatic rings. The second-order valence-electron chi connectivity index (χ2n) is 7.03. The van der Waals surface area contributed by atoms with Crippen LogP contribution < -0.4 is 5.32 Å². The highest BCUT2D eigenvalue weighted by Gasteiger charge is 2.38. The predicted molar refractivity (Wildman–Crippen MR) is 87.6 cm³/mol. The van der Waals surface area contributed by atoms with Crippen molar-refractivity contribution in [2.24, 2.45) is 11.8 Å². The van der Waals surface area contributed by atoms with Gasteiger partial charge in [-0.1, -0.05) is 24.3 Å². The summed E-state index contributed by atoms with van der Waals surface area (Å²) in [4.78, 5) is 0. The van der Waals surface area contributed by atoms with E-state index in [9.17, 15) is 0 Å². The summed E-state index contributed by atoms with van der Waals surface area (Å²) in [5, 5.41) is 3.85. The molecule has 116 valence electrons. The van der Waals surface area contributed by atoms with Crippen LogP contribution in [0.4, 0.5) is 0 Å². The fourth-order valence-corrected chi connectivity index (χ4v) is 4.14. The topological polar surface area (TPSA) is 21.3 Å². The summed E-state index contributed by atoms with van der Waals surface area (Å²) in [7, 11) is 0. The van der Waals surface area contributed by atoms with Crippen molar-refractivity contribution >= 4 is 0 Å². The van der Waals surface area contributed by atoms with Gasteiger partial charge in [-0.3, -0.25) is 0 Å². The van der Waals surface area contributed by atoms with E-state index >= 15 is 0 Å². The smallest absolute Gasteiger partial charge is 0.0518 e. The third-order valence-corrected chi connectivity index (χ3v) is 5.16. The normalized spacial score (nSPS) is 27.7. The van der Waals surface area contributed by atoms with Crippen molar-refractivity contribution in [1.29, 1.82) is 0 Å². The monoisotopic (exact) mass is 287 g/mol. The third kappa shape index (κ3) is 3.67. The maximum Gasteiger partial charge on any atom is 0.0518 e. The van der Waals surface area contributed by atoms with E-state index in [0.717, 1.165) is 37.5 Å². The molecule has 1 aromatic carbocycles. The molecule has 0 aromatic heterocycles. The summed E-state index contributed by atoms with van der Waals surface area (Å²) in [6, 6.07) is 9.79. The molecule has 2 unspecified atom stereocenters. The molecule has 2 bridgehead atoms. The van der Waals surface area contributed by atoms with Gasteiger partial charge in [0.15, 0.2) is 0 Å². The van der Waals surface area contributed by atoms with Crippen LogP contribution in [0.5, 0.6) is 0 Å². The molecule has 0 spiro atoms. The number of ether oxygens (including phenoxy) is 1. The van der Waals surface area contributed by atoms with Gasteiger partial charge in [0.25, 0.3) is 0 Å². The van der Waals surface area contributed by atoms with Gasteiger partial charge in [0.1, 0.15) is 0 Å². The van der Waals surface area contributed by atoms with Gasteiger partial charge >= 0.3 is 0 Å². The van der Waals surface area contributed by atoms with Crippen molar-refractivity contribution in [3.05, 3.63) is 35.4 Å². The van der Waals surface area contributed by atoms with Crippen LogP contribution in [0, 0.1) is 11.8 Å². The minimum Gasteiger partial charge on any atom is -0.379 e. The number of fused-ring (bicyclic) bond motifs is 3. The summed E-state index contributed by atoms with van der Waals surface area (Å²) >= 11 is 0. The minimum absolute atomic E-state index is 0.355. The van der Waals surface area contributed by atoms with Gasteiger partial charge in [0, 0.05) is 12.6 Å². The van der Waals surface area contributed by atoms with Gasteiger partial charge in [0.05, 0.1) is 6.10 Å². The first-order valence-corrected chi connectivity index (χ1v) is 8.66. The first kappa shape index (κ1) is 15.1.